The van der Waals surface area contributed by atoms with E-state index >= 15 is 0 Å². The molecule has 2 fully saturated rings. The smallest absolute Gasteiger partial charge is 0.317 e. The molecule has 1 aliphatic heterocycles. The largest absolute Gasteiger partial charge is 0.335 e. The SMILES string of the molecule is C=CCNC(=O)N1CCN([C@H](C(=O)Nc2ccc(C(C)C)cc2)C2CCCC2)CC1. The van der Waals surface area contributed by atoms with Gasteiger partial charge in [0.15, 0.2) is 0 Å². The number of nitrogens with zero attached hydrogens (tertiary/aromatic N) is 2. The van der Waals surface area contributed by atoms with Gasteiger partial charge in [0.25, 0.3) is 0 Å². The van der Waals surface area contributed by atoms with Crippen LogP contribution in [0.3, 0.4) is 0 Å². The van der Waals surface area contributed by atoms with Crippen molar-refractivity contribution in [1.29, 1.82) is 0 Å². The predicted molar refractivity (Wildman–Crippen MR) is 122 cm³/mol. The van der Waals surface area contributed by atoms with E-state index in [1.807, 2.05) is 17.0 Å². The highest BCUT2D eigenvalue weighted by atomic mass is 16.2. The highest BCUT2D eigenvalue weighted by molar-refractivity contribution is 5.95. The summed E-state index contributed by atoms with van der Waals surface area (Å²) in [6.07, 6.45) is 6.28. The van der Waals surface area contributed by atoms with Crippen LogP contribution in [0.5, 0.6) is 0 Å². The molecule has 164 valence electrons. The van der Waals surface area contributed by atoms with Gasteiger partial charge >= 0.3 is 6.03 Å². The van der Waals surface area contributed by atoms with Crippen LogP contribution < -0.4 is 10.6 Å². The van der Waals surface area contributed by atoms with Crippen LogP contribution in [-0.2, 0) is 4.79 Å². The molecule has 6 nitrogen and oxygen atoms in total. The number of rotatable bonds is 7. The van der Waals surface area contributed by atoms with Gasteiger partial charge in [0.2, 0.25) is 5.91 Å². The summed E-state index contributed by atoms with van der Waals surface area (Å²) in [5.41, 5.74) is 2.13. The topological polar surface area (TPSA) is 64.7 Å². The minimum Gasteiger partial charge on any atom is -0.335 e. The molecule has 1 atom stereocenters. The molecule has 6 heteroatoms. The van der Waals surface area contributed by atoms with Gasteiger partial charge in [-0.05, 0) is 42.4 Å². The number of anilines is 1. The van der Waals surface area contributed by atoms with Crippen molar-refractivity contribution in [2.24, 2.45) is 5.92 Å². The molecule has 0 bridgehead atoms. The molecule has 30 heavy (non-hydrogen) atoms. The Bertz CT molecular complexity index is 717. The van der Waals surface area contributed by atoms with E-state index in [0.717, 1.165) is 31.6 Å². The van der Waals surface area contributed by atoms with Crippen LogP contribution in [0, 0.1) is 5.92 Å². The maximum absolute atomic E-state index is 13.3. The number of urea groups is 1. The Morgan fingerprint density at radius 1 is 1.10 bits per heavy atom. The minimum absolute atomic E-state index is 0.0540. The Morgan fingerprint density at radius 2 is 1.73 bits per heavy atom. The van der Waals surface area contributed by atoms with Gasteiger partial charge in [-0.2, -0.15) is 0 Å². The second kappa shape index (κ2) is 10.6. The number of hydrogen-bond donors (Lipinski definition) is 2. The maximum Gasteiger partial charge on any atom is 0.317 e. The summed E-state index contributed by atoms with van der Waals surface area (Å²) in [4.78, 5) is 29.6. The third kappa shape index (κ3) is 5.63. The first-order valence-corrected chi connectivity index (χ1v) is 11.3. The molecule has 0 spiro atoms. The van der Waals surface area contributed by atoms with Crippen molar-refractivity contribution in [2.45, 2.75) is 51.5 Å². The maximum atomic E-state index is 13.3. The third-order valence-electron chi connectivity index (χ3n) is 6.35. The average molecular weight is 413 g/mol. The molecule has 1 aromatic rings. The molecule has 2 N–H and O–H groups in total. The van der Waals surface area contributed by atoms with Gasteiger partial charge in [0.1, 0.15) is 0 Å². The van der Waals surface area contributed by atoms with Crippen molar-refractivity contribution < 1.29 is 9.59 Å². The molecule has 0 unspecified atom stereocenters. The zero-order chi connectivity index (χ0) is 21.5. The van der Waals surface area contributed by atoms with E-state index in [0.29, 0.717) is 31.5 Å². The first-order chi connectivity index (χ1) is 14.5. The van der Waals surface area contributed by atoms with Crippen LogP contribution in [0.1, 0.15) is 51.0 Å². The Balaban J connectivity index is 1.64. The van der Waals surface area contributed by atoms with Crippen molar-refractivity contribution in [3.05, 3.63) is 42.5 Å². The van der Waals surface area contributed by atoms with Crippen LogP contribution in [0.4, 0.5) is 10.5 Å². The van der Waals surface area contributed by atoms with Crippen molar-refractivity contribution >= 4 is 17.6 Å². The highest BCUT2D eigenvalue weighted by Gasteiger charge is 2.37. The zero-order valence-electron chi connectivity index (χ0n) is 18.4. The number of piperazine rings is 1. The summed E-state index contributed by atoms with van der Waals surface area (Å²) >= 11 is 0. The van der Waals surface area contributed by atoms with E-state index in [9.17, 15) is 9.59 Å². The molecular weight excluding hydrogens is 376 g/mol. The second-order valence-corrected chi connectivity index (χ2v) is 8.75. The van der Waals surface area contributed by atoms with E-state index < -0.39 is 0 Å². The molecule has 1 saturated carbocycles. The lowest BCUT2D eigenvalue weighted by molar-refractivity contribution is -0.123. The van der Waals surface area contributed by atoms with Crippen LogP contribution in [0.2, 0.25) is 0 Å². The predicted octanol–water partition coefficient (Wildman–Crippen LogP) is 3.82. The van der Waals surface area contributed by atoms with Gasteiger partial charge in [0.05, 0.1) is 6.04 Å². The molecule has 1 heterocycles. The van der Waals surface area contributed by atoms with E-state index in [2.05, 4.69) is 48.1 Å². The van der Waals surface area contributed by atoms with Gasteiger partial charge < -0.3 is 15.5 Å². The summed E-state index contributed by atoms with van der Waals surface area (Å²) in [5.74, 6) is 0.950. The molecule has 0 radical (unpaired) electrons. The molecule has 3 rings (SSSR count). The average Bonchev–Trinajstić information content (AvgIpc) is 3.27. The number of benzene rings is 1. The minimum atomic E-state index is -0.129. The Kier molecular flexibility index (Phi) is 7.91. The van der Waals surface area contributed by atoms with E-state index in [4.69, 9.17) is 0 Å². The molecule has 1 aromatic carbocycles. The van der Waals surface area contributed by atoms with Crippen LogP contribution in [0.15, 0.2) is 36.9 Å². The highest BCUT2D eigenvalue weighted by Crippen LogP contribution is 2.31. The molecule has 1 saturated heterocycles. The summed E-state index contributed by atoms with van der Waals surface area (Å²) in [6, 6.07) is 8.00. The van der Waals surface area contributed by atoms with Gasteiger partial charge in [0, 0.05) is 38.4 Å². The summed E-state index contributed by atoms with van der Waals surface area (Å²) in [5, 5.41) is 6.00. The van der Waals surface area contributed by atoms with E-state index in [1.54, 1.807) is 6.08 Å². The first-order valence-electron chi connectivity index (χ1n) is 11.3. The Hall–Kier alpha value is -2.34. The monoisotopic (exact) mass is 412 g/mol. The quantitative estimate of drug-likeness (QED) is 0.669. The Morgan fingerprint density at radius 3 is 2.30 bits per heavy atom. The number of carbonyl (C=O) groups excluding carboxylic acids is 2. The second-order valence-electron chi connectivity index (χ2n) is 8.75. The molecular formula is C24H36N4O2. The van der Waals surface area contributed by atoms with Crippen molar-refractivity contribution in [3.63, 3.8) is 0 Å². The van der Waals surface area contributed by atoms with E-state index in [-0.39, 0.29) is 18.0 Å². The lowest BCUT2D eigenvalue weighted by Crippen LogP contribution is -2.58. The lowest BCUT2D eigenvalue weighted by Gasteiger charge is -2.40. The molecule has 1 aliphatic carbocycles. The normalized spacial score (nSPS) is 19.0. The summed E-state index contributed by atoms with van der Waals surface area (Å²) < 4.78 is 0. The fourth-order valence-corrected chi connectivity index (χ4v) is 4.59. The zero-order valence-corrected chi connectivity index (χ0v) is 18.4. The van der Waals surface area contributed by atoms with Crippen LogP contribution >= 0.6 is 0 Å². The molecule has 3 amide bonds. The number of carbonyl (C=O) groups is 2. The van der Waals surface area contributed by atoms with Crippen LogP contribution in [-0.4, -0.2) is 60.5 Å². The van der Waals surface area contributed by atoms with Gasteiger partial charge in [-0.1, -0.05) is 44.9 Å². The Labute approximate surface area is 180 Å². The van der Waals surface area contributed by atoms with Crippen molar-refractivity contribution in [3.8, 4) is 0 Å². The standard InChI is InChI=1S/C24H36N4O2/c1-4-13-25-24(30)28-16-14-27(15-17-28)22(20-7-5-6-8-20)23(29)26-21-11-9-19(10-12-21)18(2)3/h4,9-12,18,20,22H,1,5-8,13-17H2,2-3H3,(H,25,30)(H,26,29)/t22-/m0/s1. The molecule has 2 aliphatic rings. The number of hydrogen-bond acceptors (Lipinski definition) is 3. The van der Waals surface area contributed by atoms with Gasteiger partial charge in [-0.25, -0.2) is 4.79 Å². The van der Waals surface area contributed by atoms with Crippen molar-refractivity contribution in [1.82, 2.24) is 15.1 Å². The number of amides is 3. The molecule has 0 aromatic heterocycles. The van der Waals surface area contributed by atoms with Crippen LogP contribution in [0.25, 0.3) is 0 Å². The van der Waals surface area contributed by atoms with Gasteiger partial charge in [-0.3, -0.25) is 9.69 Å². The van der Waals surface area contributed by atoms with Gasteiger partial charge in [-0.15, -0.1) is 6.58 Å². The first kappa shape index (κ1) is 22.3. The number of nitrogens with one attached hydrogen (secondary N) is 2. The summed E-state index contributed by atoms with van der Waals surface area (Å²) in [7, 11) is 0. The summed E-state index contributed by atoms with van der Waals surface area (Å²) in [6.45, 7) is 11.2. The van der Waals surface area contributed by atoms with Crippen molar-refractivity contribution in [2.75, 3.05) is 38.0 Å². The third-order valence-corrected chi connectivity index (χ3v) is 6.35. The lowest BCUT2D eigenvalue weighted by atomic mass is 9.94. The van der Waals surface area contributed by atoms with E-state index in [1.165, 1.54) is 18.4 Å². The fourth-order valence-electron chi connectivity index (χ4n) is 4.59. The fraction of sp³-hybridized carbons (Fsp3) is 0.583.